The topological polar surface area (TPSA) is 47.9 Å². The number of hydrogen-bond donors (Lipinski definition) is 1. The molecule has 3 aromatic rings. The molecule has 0 radical (unpaired) electrons. The van der Waals surface area contributed by atoms with Gasteiger partial charge in [0.25, 0.3) is 0 Å². The molecule has 0 fully saturated rings. The van der Waals surface area contributed by atoms with Crippen LogP contribution in [0.25, 0.3) is 22.0 Å². The molecule has 0 spiro atoms. The highest BCUT2D eigenvalue weighted by atomic mass is 32.1. The van der Waals surface area contributed by atoms with E-state index in [1.807, 2.05) is 0 Å². The van der Waals surface area contributed by atoms with Crippen LogP contribution >= 0.6 is 11.3 Å². The van der Waals surface area contributed by atoms with Gasteiger partial charge in [-0.25, -0.2) is 0 Å². The molecule has 0 aliphatic heterocycles. The molecule has 0 bridgehead atoms. The molecular weight excluding hydrogens is 240 g/mol. The molecule has 0 atom stereocenters. The number of pyridine rings is 1. The Labute approximate surface area is 111 Å². The molecule has 18 heavy (non-hydrogen) atoms. The number of thiophene rings is 1. The van der Waals surface area contributed by atoms with Crippen molar-refractivity contribution in [2.24, 2.45) is 0 Å². The number of fused-ring (bicyclic) bond motifs is 1. The summed E-state index contributed by atoms with van der Waals surface area (Å²) in [5, 5.41) is 6.81. The lowest BCUT2D eigenvalue weighted by atomic mass is 10.0. The lowest BCUT2D eigenvalue weighted by Crippen LogP contribution is -1.93. The summed E-state index contributed by atoms with van der Waals surface area (Å²) in [5.41, 5.74) is 4.71. The zero-order valence-corrected chi connectivity index (χ0v) is 11.4. The molecule has 0 unspecified atom stereocenters. The molecule has 0 saturated carbocycles. The molecule has 0 saturated heterocycles. The predicted molar refractivity (Wildman–Crippen MR) is 79.6 cm³/mol. The van der Waals surface area contributed by atoms with E-state index in [9.17, 15) is 0 Å². The number of hydrogen-bond acceptors (Lipinski definition) is 3. The minimum atomic E-state index is 0. The largest absolute Gasteiger partial charge is 0.344 e. The van der Waals surface area contributed by atoms with Crippen LogP contribution in [0.15, 0.2) is 41.1 Å². The van der Waals surface area contributed by atoms with E-state index in [-0.39, 0.29) is 6.15 Å². The number of rotatable bonds is 1. The van der Waals surface area contributed by atoms with Crippen molar-refractivity contribution in [1.82, 2.24) is 11.1 Å². The third-order valence-electron chi connectivity index (χ3n) is 3.15. The second-order valence-electron chi connectivity index (χ2n) is 4.23. The van der Waals surface area contributed by atoms with Gasteiger partial charge < -0.3 is 6.15 Å². The number of aryl methyl sites for hydroxylation is 2. The fourth-order valence-corrected chi connectivity index (χ4v) is 2.89. The van der Waals surface area contributed by atoms with Gasteiger partial charge in [0, 0.05) is 22.0 Å². The van der Waals surface area contributed by atoms with Crippen LogP contribution in [0.3, 0.4) is 0 Å². The van der Waals surface area contributed by atoms with Crippen LogP contribution in [0.2, 0.25) is 0 Å². The van der Waals surface area contributed by atoms with Crippen molar-refractivity contribution in [2.45, 2.75) is 13.8 Å². The van der Waals surface area contributed by atoms with Crippen molar-refractivity contribution in [3.8, 4) is 11.3 Å². The summed E-state index contributed by atoms with van der Waals surface area (Å²) >= 11 is 1.71. The molecule has 2 nitrogen and oxygen atoms in total. The van der Waals surface area contributed by atoms with Gasteiger partial charge in [-0.3, -0.25) is 4.98 Å². The van der Waals surface area contributed by atoms with Gasteiger partial charge in [-0.2, -0.15) is 11.3 Å². The van der Waals surface area contributed by atoms with Crippen molar-refractivity contribution in [3.63, 3.8) is 0 Å². The van der Waals surface area contributed by atoms with Crippen molar-refractivity contribution in [1.29, 1.82) is 0 Å². The maximum atomic E-state index is 4.75. The molecule has 0 aliphatic carbocycles. The summed E-state index contributed by atoms with van der Waals surface area (Å²) in [6, 6.07) is 10.6. The molecule has 3 rings (SSSR count). The van der Waals surface area contributed by atoms with Gasteiger partial charge in [-0.05, 0) is 36.2 Å². The summed E-state index contributed by atoms with van der Waals surface area (Å²) in [4.78, 5) is 4.75. The van der Waals surface area contributed by atoms with Gasteiger partial charge in [-0.1, -0.05) is 24.3 Å². The second kappa shape index (κ2) is 4.88. The fraction of sp³-hybridized carbons (Fsp3) is 0.133. The van der Waals surface area contributed by atoms with Crippen molar-refractivity contribution in [2.75, 3.05) is 0 Å². The van der Waals surface area contributed by atoms with Crippen molar-refractivity contribution in [3.05, 3.63) is 52.3 Å². The van der Waals surface area contributed by atoms with Crippen LogP contribution in [-0.4, -0.2) is 4.98 Å². The molecule has 0 aliphatic rings. The Kier molecular flexibility index (Phi) is 3.45. The minimum Gasteiger partial charge on any atom is -0.344 e. The van der Waals surface area contributed by atoms with Gasteiger partial charge in [-0.15, -0.1) is 0 Å². The first-order valence-electron chi connectivity index (χ1n) is 5.66. The molecule has 3 heteroatoms. The lowest BCUT2D eigenvalue weighted by molar-refractivity contribution is 1.22. The standard InChI is InChI=1S/C15H13NS.H3N/c1-10-13-5-3-4-6-14(13)11(2)16-15(10)12-7-8-17-9-12;/h3-9H,1-2H3;1H3. The third kappa shape index (κ3) is 1.92. The Morgan fingerprint density at radius 1 is 1.00 bits per heavy atom. The molecule has 92 valence electrons. The zero-order valence-electron chi connectivity index (χ0n) is 10.6. The first-order chi connectivity index (χ1) is 8.27. The van der Waals surface area contributed by atoms with Gasteiger partial charge in [0.15, 0.2) is 0 Å². The Hall–Kier alpha value is -1.71. The molecule has 2 heterocycles. The third-order valence-corrected chi connectivity index (χ3v) is 3.83. The van der Waals surface area contributed by atoms with E-state index < -0.39 is 0 Å². The maximum Gasteiger partial charge on any atom is 0.0749 e. The molecule has 1 aromatic carbocycles. The Morgan fingerprint density at radius 2 is 1.72 bits per heavy atom. The molecule has 0 amide bonds. The van der Waals surface area contributed by atoms with Gasteiger partial charge in [0.1, 0.15) is 0 Å². The first kappa shape index (κ1) is 12.7. The monoisotopic (exact) mass is 256 g/mol. The minimum absolute atomic E-state index is 0. The SMILES string of the molecule is Cc1nc(-c2ccsc2)c(C)c2ccccc12.N. The van der Waals surface area contributed by atoms with E-state index in [0.717, 1.165) is 11.4 Å². The zero-order chi connectivity index (χ0) is 11.8. The van der Waals surface area contributed by atoms with Gasteiger partial charge >= 0.3 is 0 Å². The van der Waals surface area contributed by atoms with E-state index in [2.05, 4.69) is 54.9 Å². The lowest BCUT2D eigenvalue weighted by Gasteiger charge is -2.10. The predicted octanol–water partition coefficient (Wildman–Crippen LogP) is 4.74. The molecule has 2 aromatic heterocycles. The highest BCUT2D eigenvalue weighted by Gasteiger charge is 2.09. The Bertz CT molecular complexity index is 672. The van der Waals surface area contributed by atoms with Crippen LogP contribution in [0.5, 0.6) is 0 Å². The normalized spacial score (nSPS) is 10.3. The average molecular weight is 256 g/mol. The van der Waals surface area contributed by atoms with Crippen LogP contribution < -0.4 is 6.15 Å². The summed E-state index contributed by atoms with van der Waals surface area (Å²) in [5.74, 6) is 0. The fourth-order valence-electron chi connectivity index (χ4n) is 2.25. The second-order valence-corrected chi connectivity index (χ2v) is 5.01. The van der Waals surface area contributed by atoms with E-state index in [0.29, 0.717) is 0 Å². The average Bonchev–Trinajstić information content (AvgIpc) is 2.87. The van der Waals surface area contributed by atoms with Crippen molar-refractivity contribution >= 4 is 22.1 Å². The van der Waals surface area contributed by atoms with E-state index >= 15 is 0 Å². The van der Waals surface area contributed by atoms with Gasteiger partial charge in [0.05, 0.1) is 5.69 Å². The van der Waals surface area contributed by atoms with Crippen molar-refractivity contribution < 1.29 is 0 Å². The Balaban J connectivity index is 0.00000120. The maximum absolute atomic E-state index is 4.75. The Morgan fingerprint density at radius 3 is 2.39 bits per heavy atom. The summed E-state index contributed by atoms with van der Waals surface area (Å²) in [6.45, 7) is 4.24. The van der Waals surface area contributed by atoms with Crippen LogP contribution in [-0.2, 0) is 0 Å². The number of aromatic nitrogens is 1. The first-order valence-corrected chi connectivity index (χ1v) is 6.60. The van der Waals surface area contributed by atoms with E-state index in [4.69, 9.17) is 4.98 Å². The van der Waals surface area contributed by atoms with Crippen LogP contribution in [0, 0.1) is 13.8 Å². The van der Waals surface area contributed by atoms with Crippen LogP contribution in [0.4, 0.5) is 0 Å². The summed E-state index contributed by atoms with van der Waals surface area (Å²) < 4.78 is 0. The molecular formula is C15H16N2S. The highest BCUT2D eigenvalue weighted by Crippen LogP contribution is 2.30. The highest BCUT2D eigenvalue weighted by molar-refractivity contribution is 7.08. The van der Waals surface area contributed by atoms with Crippen LogP contribution in [0.1, 0.15) is 11.3 Å². The quantitative estimate of drug-likeness (QED) is 0.683. The molecule has 3 N–H and O–H groups in total. The summed E-state index contributed by atoms with van der Waals surface area (Å²) in [6.07, 6.45) is 0. The smallest absolute Gasteiger partial charge is 0.0749 e. The number of nitrogens with zero attached hydrogens (tertiary/aromatic N) is 1. The van der Waals surface area contributed by atoms with Gasteiger partial charge in [0.2, 0.25) is 0 Å². The number of benzene rings is 1. The van der Waals surface area contributed by atoms with E-state index in [1.165, 1.54) is 21.9 Å². The van der Waals surface area contributed by atoms with E-state index in [1.54, 1.807) is 11.3 Å². The summed E-state index contributed by atoms with van der Waals surface area (Å²) in [7, 11) is 0.